The first kappa shape index (κ1) is 41.4. The van der Waals surface area contributed by atoms with E-state index in [2.05, 4.69) is 10.2 Å². The van der Waals surface area contributed by atoms with Crippen molar-refractivity contribution in [3.63, 3.8) is 0 Å². The number of methoxy groups -OCH3 is 1. The zero-order chi connectivity index (χ0) is 44.9. The van der Waals surface area contributed by atoms with Gasteiger partial charge in [-0.05, 0) is 128 Å². The van der Waals surface area contributed by atoms with Crippen LogP contribution in [0, 0.1) is 36.0 Å². The molecule has 2 aliphatic heterocycles. The molecule has 0 bridgehead atoms. The first-order chi connectivity index (χ1) is 30.7. The Bertz CT molecular complexity index is 3010. The molecule has 4 amide bonds. The van der Waals surface area contributed by atoms with Gasteiger partial charge in [-0.15, -0.1) is 11.3 Å². The van der Waals surface area contributed by atoms with Crippen LogP contribution in [0.15, 0.2) is 113 Å². The summed E-state index contributed by atoms with van der Waals surface area (Å²) in [5, 5.41) is 25.9. The van der Waals surface area contributed by atoms with Crippen LogP contribution in [0.2, 0.25) is 5.02 Å². The van der Waals surface area contributed by atoms with E-state index in [1.165, 1.54) is 23.0 Å². The van der Waals surface area contributed by atoms with Crippen LogP contribution in [0.4, 0.5) is 28.6 Å². The van der Waals surface area contributed by atoms with Crippen molar-refractivity contribution in [3.8, 4) is 22.1 Å². The minimum atomic E-state index is -1.31. The summed E-state index contributed by atoms with van der Waals surface area (Å²) in [5.41, 5.74) is 4.46. The van der Waals surface area contributed by atoms with Crippen LogP contribution >= 0.6 is 22.9 Å². The summed E-state index contributed by atoms with van der Waals surface area (Å²) in [6.07, 6.45) is 2.46. The van der Waals surface area contributed by atoms with E-state index in [0.717, 1.165) is 31.8 Å². The van der Waals surface area contributed by atoms with Crippen LogP contribution in [0.1, 0.15) is 36.8 Å². The molecule has 1 saturated carbocycles. The molecule has 0 spiro atoms. The number of carbonyl (C=O) groups is 4. The van der Waals surface area contributed by atoms with Gasteiger partial charge in [0.1, 0.15) is 11.5 Å². The minimum absolute atomic E-state index is 0.0759. The molecule has 0 radical (unpaired) electrons. The van der Waals surface area contributed by atoms with Gasteiger partial charge in [-0.25, -0.2) is 4.90 Å². The number of imide groups is 2. The van der Waals surface area contributed by atoms with E-state index in [9.17, 15) is 14.7 Å². The number of thiophene rings is 1. The Labute approximate surface area is 378 Å². The molecule has 4 aromatic carbocycles. The quantitative estimate of drug-likeness (QED) is 0.0902. The Hall–Kier alpha value is -6.64. The number of phenols is 1. The number of anilines is 3. The lowest BCUT2D eigenvalue weighted by atomic mass is 9.51. The highest BCUT2D eigenvalue weighted by Crippen LogP contribution is 2.64. The molecule has 2 saturated heterocycles. The standard InChI is InChI=1S/C49H44ClN7O6S/c1-25-34-22-27(50)8-20-40(34)64-44(25)37-24-41(55(5)53-37)57-46(60)36-23-35-32(43(49(36,2)48(57)62)26-7-19-38(58)39(21-26)63-6)17-18-33-42(35)47(61)56(45(33)59)31-15-11-29(12-16-31)52-51-28-9-13-30(14-10-28)54(3)4/h7-17,19-22,24,33,35-36,42-43,58H,18,23H2,1-6H3. The Balaban J connectivity index is 0.996. The number of azo groups is 1. The summed E-state index contributed by atoms with van der Waals surface area (Å²) in [4.78, 5) is 64.8. The number of hydrogen-bond donors (Lipinski definition) is 1. The molecule has 1 N–H and O–H groups in total. The van der Waals surface area contributed by atoms with Gasteiger partial charge < -0.3 is 14.7 Å². The molecular formula is C49H44ClN7O6S. The lowest BCUT2D eigenvalue weighted by Crippen LogP contribution is -2.48. The number of carbonyl (C=O) groups excluding carboxylic acids is 4. The molecule has 6 unspecified atom stereocenters. The van der Waals surface area contributed by atoms with E-state index in [4.69, 9.17) is 21.4 Å². The number of aryl methyl sites for hydroxylation is 2. The molecule has 4 aliphatic rings. The second-order valence-corrected chi connectivity index (χ2v) is 18.9. The van der Waals surface area contributed by atoms with Gasteiger partial charge >= 0.3 is 0 Å². The van der Waals surface area contributed by atoms with Gasteiger partial charge in [-0.3, -0.25) is 28.8 Å². The van der Waals surface area contributed by atoms with Crippen LogP contribution in [-0.4, -0.2) is 59.7 Å². The zero-order valence-electron chi connectivity index (χ0n) is 35.9. The predicted octanol–water partition coefficient (Wildman–Crippen LogP) is 9.89. The van der Waals surface area contributed by atoms with Crippen molar-refractivity contribution in [1.82, 2.24) is 9.78 Å². The van der Waals surface area contributed by atoms with E-state index < -0.39 is 46.8 Å². The van der Waals surface area contributed by atoms with Crippen molar-refractivity contribution in [2.75, 3.05) is 35.9 Å². The number of halogens is 1. The normalized spacial score (nSPS) is 24.1. The van der Waals surface area contributed by atoms with Crippen LogP contribution < -0.4 is 19.4 Å². The monoisotopic (exact) mass is 893 g/mol. The topological polar surface area (TPSA) is 150 Å². The Kier molecular flexibility index (Phi) is 9.87. The largest absolute Gasteiger partial charge is 0.504 e. The first-order valence-corrected chi connectivity index (χ1v) is 22.2. The number of rotatable bonds is 8. The number of nitrogens with zero attached hydrogens (tertiary/aromatic N) is 7. The number of aromatic nitrogens is 2. The van der Waals surface area contributed by atoms with Gasteiger partial charge in [0.15, 0.2) is 11.5 Å². The maximum absolute atomic E-state index is 15.3. The molecule has 64 heavy (non-hydrogen) atoms. The van der Waals surface area contributed by atoms with Crippen LogP contribution in [-0.2, 0) is 26.2 Å². The van der Waals surface area contributed by atoms with Gasteiger partial charge in [-0.1, -0.05) is 29.3 Å². The van der Waals surface area contributed by atoms with Gasteiger partial charge in [-0.2, -0.15) is 15.3 Å². The molecule has 2 aliphatic carbocycles. The molecule has 15 heteroatoms. The maximum atomic E-state index is 15.3. The van der Waals surface area contributed by atoms with Gasteiger partial charge in [0.2, 0.25) is 23.6 Å². The highest BCUT2D eigenvalue weighted by atomic mass is 35.5. The number of amides is 4. The van der Waals surface area contributed by atoms with E-state index >= 15 is 9.59 Å². The van der Waals surface area contributed by atoms with Crippen molar-refractivity contribution in [1.29, 1.82) is 0 Å². The fourth-order valence-corrected chi connectivity index (χ4v) is 11.9. The van der Waals surface area contributed by atoms with Crippen molar-refractivity contribution < 1.29 is 29.0 Å². The van der Waals surface area contributed by atoms with Gasteiger partial charge in [0, 0.05) is 48.5 Å². The number of ether oxygens (including phenoxy) is 1. The van der Waals surface area contributed by atoms with E-state index in [0.29, 0.717) is 39.2 Å². The van der Waals surface area contributed by atoms with Crippen LogP contribution in [0.25, 0.3) is 20.7 Å². The molecule has 2 aromatic heterocycles. The third kappa shape index (κ3) is 6.28. The molecule has 6 aromatic rings. The highest BCUT2D eigenvalue weighted by Gasteiger charge is 2.68. The highest BCUT2D eigenvalue weighted by molar-refractivity contribution is 7.22. The lowest BCUT2D eigenvalue weighted by Gasteiger charge is -2.49. The Morgan fingerprint density at radius 3 is 2.27 bits per heavy atom. The van der Waals surface area contributed by atoms with E-state index in [-0.39, 0.29) is 36.2 Å². The SMILES string of the molecule is COc1cc(C2C3=CCC4C(=O)N(c5ccc(N=Nc6ccc(N(C)C)cc6)cc5)C(=O)C4C3CC3C(=O)N(c4cc(-c5sc6ccc(Cl)cc6c5C)nn4C)C(=O)C32C)ccc1O. The average molecular weight is 894 g/mol. The number of aromatic hydroxyl groups is 1. The molecule has 324 valence electrons. The Morgan fingerprint density at radius 2 is 1.58 bits per heavy atom. The number of allylic oxidation sites excluding steroid dienone is 2. The molecule has 3 fully saturated rings. The summed E-state index contributed by atoms with van der Waals surface area (Å²) in [7, 11) is 7.10. The van der Waals surface area contributed by atoms with Crippen molar-refractivity contribution in [2.24, 2.45) is 46.4 Å². The second-order valence-electron chi connectivity index (χ2n) is 17.4. The predicted molar refractivity (Wildman–Crippen MR) is 247 cm³/mol. The van der Waals surface area contributed by atoms with E-state index in [1.54, 1.807) is 65.5 Å². The maximum Gasteiger partial charge on any atom is 0.242 e. The lowest BCUT2D eigenvalue weighted by molar-refractivity contribution is -0.131. The molecular weight excluding hydrogens is 850 g/mol. The van der Waals surface area contributed by atoms with Gasteiger partial charge in [0.25, 0.3) is 0 Å². The van der Waals surface area contributed by atoms with E-state index in [1.807, 2.05) is 81.4 Å². The summed E-state index contributed by atoms with van der Waals surface area (Å²) in [5.74, 6) is -4.52. The molecule has 10 rings (SSSR count). The van der Waals surface area contributed by atoms with Crippen molar-refractivity contribution >= 4 is 85.2 Å². The number of hydrogen-bond acceptors (Lipinski definition) is 11. The summed E-state index contributed by atoms with van der Waals surface area (Å²) in [6, 6.07) is 27.0. The fraction of sp³-hybridized carbons (Fsp3) is 0.286. The zero-order valence-corrected chi connectivity index (χ0v) is 37.5. The summed E-state index contributed by atoms with van der Waals surface area (Å²) in [6.45, 7) is 3.83. The number of phenolic OH excluding ortho intramolecular Hbond substituents is 1. The number of fused-ring (bicyclic) bond motifs is 5. The van der Waals surface area contributed by atoms with Crippen LogP contribution in [0.3, 0.4) is 0 Å². The first-order valence-electron chi connectivity index (χ1n) is 21.0. The molecule has 13 nitrogen and oxygen atoms in total. The van der Waals surface area contributed by atoms with Crippen LogP contribution in [0.5, 0.6) is 11.5 Å². The van der Waals surface area contributed by atoms with Gasteiger partial charge in [0.05, 0.1) is 52.2 Å². The summed E-state index contributed by atoms with van der Waals surface area (Å²) >= 11 is 7.91. The fourth-order valence-electron chi connectivity index (χ4n) is 10.6. The minimum Gasteiger partial charge on any atom is -0.504 e. The third-order valence-corrected chi connectivity index (χ3v) is 15.3. The van der Waals surface area contributed by atoms with Crippen molar-refractivity contribution in [3.05, 3.63) is 119 Å². The third-order valence-electron chi connectivity index (χ3n) is 13.8. The Morgan fingerprint density at radius 1 is 0.875 bits per heavy atom. The molecule has 6 atom stereocenters. The second kappa shape index (κ2) is 15.3. The molecule has 4 heterocycles. The summed E-state index contributed by atoms with van der Waals surface area (Å²) < 4.78 is 8.15. The van der Waals surface area contributed by atoms with Crippen molar-refractivity contribution in [2.45, 2.75) is 32.6 Å². The average Bonchev–Trinajstić information content (AvgIpc) is 3.96. The smallest absolute Gasteiger partial charge is 0.242 e. The number of benzene rings is 4.